The first-order chi connectivity index (χ1) is 19.5. The molecule has 0 unspecified atom stereocenters. The lowest BCUT2D eigenvalue weighted by atomic mass is 9.81. The number of hydrogen-bond donors (Lipinski definition) is 2. The Morgan fingerprint density at radius 3 is 2.26 bits per heavy atom. The van der Waals surface area contributed by atoms with E-state index in [-0.39, 0.29) is 41.2 Å². The largest absolute Gasteiger partial charge is 0.508 e. The fourth-order valence-corrected chi connectivity index (χ4v) is 4.92. The summed E-state index contributed by atoms with van der Waals surface area (Å²) in [5.41, 5.74) is 2.73. The van der Waals surface area contributed by atoms with Crippen molar-refractivity contribution < 1.29 is 23.9 Å². The van der Waals surface area contributed by atoms with Crippen LogP contribution in [0.1, 0.15) is 98.8 Å². The maximum Gasteiger partial charge on any atom is 0.243 e. The second-order valence-electron chi connectivity index (χ2n) is 12.9. The molecule has 1 aliphatic heterocycles. The number of phenols is 1. The van der Waals surface area contributed by atoms with Crippen LogP contribution in [0.15, 0.2) is 23.7 Å². The third-order valence-corrected chi connectivity index (χ3v) is 9.17. The van der Waals surface area contributed by atoms with Gasteiger partial charge in [0.25, 0.3) is 0 Å². The van der Waals surface area contributed by atoms with Crippen LogP contribution in [0.4, 0.5) is 4.39 Å². The number of aryl methyl sites for hydroxylation is 1. The smallest absolute Gasteiger partial charge is 0.243 e. The number of aromatic hydroxyl groups is 1. The number of nitrogens with zero attached hydrogens (tertiary/aromatic N) is 2. The zero-order valence-electron chi connectivity index (χ0n) is 26.8. The fraction of sp³-hybridized carbons (Fsp3) is 0.636. The van der Waals surface area contributed by atoms with E-state index in [4.69, 9.17) is 0 Å². The van der Waals surface area contributed by atoms with Gasteiger partial charge in [-0.15, -0.1) is 11.3 Å². The number of carbonyl (C=O) groups is 3. The molecule has 0 spiro atoms. The molecule has 0 radical (unpaired) electrons. The highest BCUT2D eigenvalue weighted by molar-refractivity contribution is 7.13. The van der Waals surface area contributed by atoms with Crippen LogP contribution in [-0.2, 0) is 20.9 Å². The van der Waals surface area contributed by atoms with Crippen molar-refractivity contribution in [1.29, 1.82) is 0 Å². The van der Waals surface area contributed by atoms with Crippen molar-refractivity contribution in [3.63, 3.8) is 0 Å². The number of halogens is 1. The van der Waals surface area contributed by atoms with Gasteiger partial charge in [0.15, 0.2) is 11.5 Å². The number of carbonyl (C=O) groups excluding carboxylic acids is 3. The van der Waals surface area contributed by atoms with E-state index in [0.717, 1.165) is 28.5 Å². The average molecular weight is 604 g/mol. The van der Waals surface area contributed by atoms with E-state index in [1.807, 2.05) is 46.8 Å². The van der Waals surface area contributed by atoms with E-state index >= 15 is 0 Å². The zero-order valence-corrected chi connectivity index (χ0v) is 27.7. The molecular formula is C33H50FN3O4S. The number of benzene rings is 1. The number of amides is 2. The molecule has 1 aliphatic carbocycles. The Labute approximate surface area is 255 Å². The van der Waals surface area contributed by atoms with Gasteiger partial charge in [0.1, 0.15) is 11.8 Å². The number of nitrogens with one attached hydrogen (secondary N) is 1. The van der Waals surface area contributed by atoms with Crippen molar-refractivity contribution in [2.45, 2.75) is 113 Å². The van der Waals surface area contributed by atoms with E-state index in [1.165, 1.54) is 24.7 Å². The number of aromatic nitrogens is 1. The Hall–Kier alpha value is -2.81. The Balaban J connectivity index is 0.000000426. The van der Waals surface area contributed by atoms with E-state index in [9.17, 15) is 23.9 Å². The molecular weight excluding hydrogens is 553 g/mol. The van der Waals surface area contributed by atoms with Crippen LogP contribution in [-0.4, -0.2) is 50.8 Å². The topological polar surface area (TPSA) is 99.6 Å². The zero-order chi connectivity index (χ0) is 31.8. The van der Waals surface area contributed by atoms with Gasteiger partial charge in [-0.1, -0.05) is 67.0 Å². The molecule has 2 N–H and O–H groups in total. The first-order valence-corrected chi connectivity index (χ1v) is 15.9. The van der Waals surface area contributed by atoms with Crippen molar-refractivity contribution in [3.05, 3.63) is 35.0 Å². The molecule has 1 aromatic heterocycles. The molecule has 2 heterocycles. The van der Waals surface area contributed by atoms with Crippen LogP contribution >= 0.6 is 11.3 Å². The predicted molar refractivity (Wildman–Crippen MR) is 168 cm³/mol. The maximum absolute atomic E-state index is 12.9. The number of thiazole rings is 1. The van der Waals surface area contributed by atoms with E-state index in [0.29, 0.717) is 31.4 Å². The van der Waals surface area contributed by atoms with Crippen LogP contribution in [0.3, 0.4) is 0 Å². The first-order valence-electron chi connectivity index (χ1n) is 15.0. The monoisotopic (exact) mass is 603 g/mol. The third kappa shape index (κ3) is 9.89. The van der Waals surface area contributed by atoms with Gasteiger partial charge < -0.3 is 15.3 Å². The second-order valence-corrected chi connectivity index (χ2v) is 13.8. The lowest BCUT2D eigenvalue weighted by Crippen LogP contribution is -2.49. The number of alkyl halides is 1. The van der Waals surface area contributed by atoms with Crippen molar-refractivity contribution >= 4 is 28.9 Å². The van der Waals surface area contributed by atoms with E-state index in [2.05, 4.69) is 31.1 Å². The van der Waals surface area contributed by atoms with E-state index < -0.39 is 11.7 Å². The van der Waals surface area contributed by atoms with Gasteiger partial charge in [0, 0.05) is 24.6 Å². The number of ketones is 1. The SMILES string of the molecule is CC(=O)C1(F)CC1.CCC(C)C.Cc1ncsc1-c1ccc(CNC(=O)[C@@H]2CCCN2C(=O)[C@@H](C)C(C)(C)C)c(O)c1. The minimum absolute atomic E-state index is 0.0345. The van der Waals surface area contributed by atoms with Gasteiger partial charge in [-0.2, -0.15) is 0 Å². The Kier molecular flexibility index (Phi) is 12.7. The average Bonchev–Trinajstić information content (AvgIpc) is 3.30. The molecule has 2 aromatic rings. The maximum atomic E-state index is 12.9. The first kappa shape index (κ1) is 35.4. The summed E-state index contributed by atoms with van der Waals surface area (Å²) in [7, 11) is 0. The summed E-state index contributed by atoms with van der Waals surface area (Å²) in [5.74, 6) is 0.428. The van der Waals surface area contributed by atoms with Crippen molar-refractivity contribution in [3.8, 4) is 16.2 Å². The second kappa shape index (κ2) is 15.1. The molecule has 2 atom stereocenters. The van der Waals surface area contributed by atoms with E-state index in [1.54, 1.807) is 16.5 Å². The third-order valence-electron chi connectivity index (χ3n) is 8.19. The van der Waals surface area contributed by atoms with Crippen LogP contribution < -0.4 is 5.32 Å². The number of rotatable bonds is 7. The summed E-state index contributed by atoms with van der Waals surface area (Å²) in [6, 6.07) is 5.02. The minimum atomic E-state index is -1.39. The number of phenolic OH excluding ortho intramolecular Hbond substituents is 1. The van der Waals surface area contributed by atoms with Crippen molar-refractivity contribution in [2.75, 3.05) is 6.54 Å². The lowest BCUT2D eigenvalue weighted by molar-refractivity contribution is -0.143. The summed E-state index contributed by atoms with van der Waals surface area (Å²) < 4.78 is 12.3. The molecule has 4 rings (SSSR count). The fourth-order valence-electron chi connectivity index (χ4n) is 4.12. The summed E-state index contributed by atoms with van der Waals surface area (Å²) >= 11 is 1.53. The van der Waals surface area contributed by atoms with Crippen LogP contribution in [0.25, 0.3) is 10.4 Å². The summed E-state index contributed by atoms with van der Waals surface area (Å²) in [4.78, 5) is 42.9. The molecule has 234 valence electrons. The number of likely N-dealkylation sites (tertiary alicyclic amines) is 1. The normalized spacial score (nSPS) is 17.9. The van der Waals surface area contributed by atoms with Crippen LogP contribution in [0.5, 0.6) is 5.75 Å². The highest BCUT2D eigenvalue weighted by Gasteiger charge is 2.47. The minimum Gasteiger partial charge on any atom is -0.508 e. The Bertz CT molecular complexity index is 1220. The molecule has 0 bridgehead atoms. The highest BCUT2D eigenvalue weighted by Crippen LogP contribution is 2.40. The Morgan fingerprint density at radius 2 is 1.83 bits per heavy atom. The van der Waals surface area contributed by atoms with Gasteiger partial charge in [-0.25, -0.2) is 9.37 Å². The molecule has 2 aliphatic rings. The molecule has 1 aromatic carbocycles. The van der Waals surface area contributed by atoms with Gasteiger partial charge in [0.05, 0.1) is 16.1 Å². The van der Waals surface area contributed by atoms with Crippen molar-refractivity contribution in [2.24, 2.45) is 17.3 Å². The predicted octanol–water partition coefficient (Wildman–Crippen LogP) is 7.24. The van der Waals surface area contributed by atoms with Gasteiger partial charge in [-0.3, -0.25) is 14.4 Å². The highest BCUT2D eigenvalue weighted by atomic mass is 32.1. The van der Waals surface area contributed by atoms with Crippen LogP contribution in [0.2, 0.25) is 0 Å². The molecule has 42 heavy (non-hydrogen) atoms. The van der Waals surface area contributed by atoms with Gasteiger partial charge >= 0.3 is 0 Å². The summed E-state index contributed by atoms with van der Waals surface area (Å²) in [6.45, 7) is 18.8. The number of Topliss-reactive ketones (excluding diaryl/α,β-unsaturated/α-hetero) is 1. The van der Waals surface area contributed by atoms with Gasteiger partial charge in [0.2, 0.25) is 11.8 Å². The van der Waals surface area contributed by atoms with Crippen LogP contribution in [0, 0.1) is 24.2 Å². The molecule has 2 amide bonds. The summed E-state index contributed by atoms with van der Waals surface area (Å²) in [5, 5.41) is 13.3. The molecule has 1 saturated carbocycles. The molecule has 1 saturated heterocycles. The van der Waals surface area contributed by atoms with Crippen molar-refractivity contribution in [1.82, 2.24) is 15.2 Å². The molecule has 2 fully saturated rings. The Morgan fingerprint density at radius 1 is 1.21 bits per heavy atom. The van der Waals surface area contributed by atoms with Gasteiger partial charge in [-0.05, 0) is 62.5 Å². The molecule has 7 nitrogen and oxygen atoms in total. The quantitative estimate of drug-likeness (QED) is 0.347. The molecule has 9 heteroatoms. The lowest BCUT2D eigenvalue weighted by Gasteiger charge is -2.32. The summed E-state index contributed by atoms with van der Waals surface area (Å²) in [6.07, 6.45) is 3.70. The number of hydrogen-bond acceptors (Lipinski definition) is 6. The standard InChI is InChI=1S/C23H31N3O3S.C5H7FO.C5H12/c1-14(23(3,4)5)22(29)26-10-6-7-18(26)21(28)24-12-17-9-8-16(11-19(17)27)20-15(2)25-13-30-20;1-4(7)5(6)2-3-5;1-4-5(2)3/h8-9,11,13-14,18,27H,6-7,10,12H2,1-5H3,(H,24,28);2-3H2,1H3;5H,4H2,1-3H3/t14-,18+;;/m1../s1.